The molecule has 1 aliphatic rings. The number of nitrogens with zero attached hydrogens (tertiary/aromatic N) is 1. The normalized spacial score (nSPS) is 21.7. The number of rotatable bonds is 2. The van der Waals surface area contributed by atoms with Gasteiger partial charge in [0.1, 0.15) is 0 Å². The van der Waals surface area contributed by atoms with Crippen LogP contribution in [-0.4, -0.2) is 35.5 Å². The Morgan fingerprint density at radius 1 is 1.47 bits per heavy atom. The van der Waals surface area contributed by atoms with Gasteiger partial charge in [-0.25, -0.2) is 0 Å². The predicted octanol–water partition coefficient (Wildman–Crippen LogP) is 2.26. The summed E-state index contributed by atoms with van der Waals surface area (Å²) in [6, 6.07) is 0. The van der Waals surface area contributed by atoms with Gasteiger partial charge in [-0.15, -0.1) is 0 Å². The van der Waals surface area contributed by atoms with Crippen molar-refractivity contribution in [2.75, 3.05) is 19.8 Å². The van der Waals surface area contributed by atoms with Crippen molar-refractivity contribution in [3.63, 3.8) is 0 Å². The number of ether oxygens (including phenoxy) is 2. The van der Waals surface area contributed by atoms with Crippen molar-refractivity contribution in [1.29, 1.82) is 0 Å². The first-order valence-corrected chi connectivity index (χ1v) is 6.37. The molecular weight excluding hydrogens is 236 g/mol. The Morgan fingerprint density at radius 3 is 2.82 bits per heavy atom. The van der Waals surface area contributed by atoms with Gasteiger partial charge in [0.15, 0.2) is 4.77 Å². The van der Waals surface area contributed by atoms with Gasteiger partial charge < -0.3 is 19.0 Å². The third-order valence-electron chi connectivity index (χ3n) is 2.91. The molecule has 0 spiro atoms. The molecule has 1 fully saturated rings. The molecule has 96 valence electrons. The van der Waals surface area contributed by atoms with Gasteiger partial charge in [-0.3, -0.25) is 0 Å². The summed E-state index contributed by atoms with van der Waals surface area (Å²) < 4.78 is 14.0. The molecule has 1 aromatic rings. The molecule has 0 aromatic carbocycles. The minimum atomic E-state index is 0.0725. The van der Waals surface area contributed by atoms with E-state index in [-0.39, 0.29) is 11.5 Å². The van der Waals surface area contributed by atoms with E-state index >= 15 is 0 Å². The van der Waals surface area contributed by atoms with E-state index in [1.54, 1.807) is 0 Å². The molecule has 0 bridgehead atoms. The zero-order valence-electron chi connectivity index (χ0n) is 10.7. The van der Waals surface area contributed by atoms with Crippen LogP contribution in [0.25, 0.3) is 0 Å². The summed E-state index contributed by atoms with van der Waals surface area (Å²) in [4.78, 5) is 3.11. The second-order valence-electron chi connectivity index (χ2n) is 5.41. The van der Waals surface area contributed by atoms with E-state index in [1.165, 1.54) is 5.69 Å². The monoisotopic (exact) mass is 256 g/mol. The van der Waals surface area contributed by atoms with Crippen molar-refractivity contribution >= 4 is 12.2 Å². The van der Waals surface area contributed by atoms with E-state index < -0.39 is 0 Å². The summed E-state index contributed by atoms with van der Waals surface area (Å²) in [6.07, 6.45) is 2.10. The molecule has 2 heterocycles. The van der Waals surface area contributed by atoms with Crippen LogP contribution >= 0.6 is 12.2 Å². The fourth-order valence-corrected chi connectivity index (χ4v) is 2.28. The fraction of sp³-hybridized carbons (Fsp3) is 0.750. The lowest BCUT2D eigenvalue weighted by Gasteiger charge is -2.26. The Hall–Kier alpha value is -0.650. The molecule has 1 N–H and O–H groups in total. The van der Waals surface area contributed by atoms with Gasteiger partial charge >= 0.3 is 0 Å². The van der Waals surface area contributed by atoms with Gasteiger partial charge in [0, 0.05) is 17.3 Å². The van der Waals surface area contributed by atoms with Crippen LogP contribution in [0.4, 0.5) is 0 Å². The van der Waals surface area contributed by atoms with E-state index in [0.29, 0.717) is 19.8 Å². The van der Waals surface area contributed by atoms with Crippen LogP contribution in [0.2, 0.25) is 0 Å². The van der Waals surface area contributed by atoms with Gasteiger partial charge in [-0.05, 0) is 12.2 Å². The number of H-pyrrole nitrogens is 1. The fourth-order valence-electron chi connectivity index (χ4n) is 2.04. The Morgan fingerprint density at radius 2 is 2.24 bits per heavy atom. The first-order valence-electron chi connectivity index (χ1n) is 5.96. The summed E-state index contributed by atoms with van der Waals surface area (Å²) in [5.74, 6) is 0. The molecule has 5 heteroatoms. The van der Waals surface area contributed by atoms with Gasteiger partial charge in [0.05, 0.1) is 32.5 Å². The van der Waals surface area contributed by atoms with Gasteiger partial charge in [0.2, 0.25) is 0 Å². The maximum atomic E-state index is 5.67. The lowest BCUT2D eigenvalue weighted by Crippen LogP contribution is -2.33. The van der Waals surface area contributed by atoms with E-state index in [9.17, 15) is 0 Å². The second kappa shape index (κ2) is 4.92. The molecule has 0 aliphatic carbocycles. The zero-order chi connectivity index (χ0) is 12.5. The highest BCUT2D eigenvalue weighted by molar-refractivity contribution is 7.71. The standard InChI is InChI=1S/C12H20N2O2S/c1-12(2,3)10-6-13-11(17)14(10)7-9-8-15-4-5-16-9/h6,9H,4-5,7-8H2,1-3H3,(H,13,17). The van der Waals surface area contributed by atoms with Gasteiger partial charge in [-0.2, -0.15) is 0 Å². The van der Waals surface area contributed by atoms with Crippen LogP contribution in [0, 0.1) is 4.77 Å². The molecule has 17 heavy (non-hydrogen) atoms. The maximum absolute atomic E-state index is 5.67. The number of hydrogen-bond acceptors (Lipinski definition) is 3. The molecule has 1 atom stereocenters. The Bertz CT molecular complexity index is 424. The second-order valence-corrected chi connectivity index (χ2v) is 5.79. The lowest BCUT2D eigenvalue weighted by molar-refractivity contribution is -0.0940. The van der Waals surface area contributed by atoms with Gasteiger partial charge in [0.25, 0.3) is 0 Å². The summed E-state index contributed by atoms with van der Waals surface area (Å²) in [6.45, 7) is 9.32. The summed E-state index contributed by atoms with van der Waals surface area (Å²) in [5.41, 5.74) is 1.28. The first-order chi connectivity index (χ1) is 7.98. The molecule has 2 rings (SSSR count). The quantitative estimate of drug-likeness (QED) is 0.825. The molecule has 1 aromatic heterocycles. The lowest BCUT2D eigenvalue weighted by atomic mass is 9.92. The van der Waals surface area contributed by atoms with E-state index in [2.05, 4.69) is 30.3 Å². The molecule has 1 saturated heterocycles. The number of aromatic amines is 1. The van der Waals surface area contributed by atoms with E-state index in [4.69, 9.17) is 21.7 Å². The molecule has 0 saturated carbocycles. The average Bonchev–Trinajstić information content (AvgIpc) is 2.62. The van der Waals surface area contributed by atoms with Crippen LogP contribution < -0.4 is 0 Å². The van der Waals surface area contributed by atoms with E-state index in [0.717, 1.165) is 11.3 Å². The summed E-state index contributed by atoms with van der Waals surface area (Å²) in [7, 11) is 0. The molecule has 1 unspecified atom stereocenters. The van der Waals surface area contributed by atoms with Crippen molar-refractivity contribution in [1.82, 2.24) is 9.55 Å². The van der Waals surface area contributed by atoms with Gasteiger partial charge in [-0.1, -0.05) is 20.8 Å². The smallest absolute Gasteiger partial charge is 0.177 e. The topological polar surface area (TPSA) is 39.2 Å². The molecular formula is C12H20N2O2S. The molecule has 1 aliphatic heterocycles. The number of nitrogens with one attached hydrogen (secondary N) is 1. The molecule has 0 radical (unpaired) electrons. The first kappa shape index (κ1) is 12.8. The van der Waals surface area contributed by atoms with Crippen molar-refractivity contribution < 1.29 is 9.47 Å². The number of hydrogen-bond donors (Lipinski definition) is 1. The Kier molecular flexibility index (Phi) is 3.70. The van der Waals surface area contributed by atoms with Crippen molar-refractivity contribution in [3.05, 3.63) is 16.7 Å². The largest absolute Gasteiger partial charge is 0.376 e. The number of imidazole rings is 1. The van der Waals surface area contributed by atoms with Crippen LogP contribution in [0.1, 0.15) is 26.5 Å². The van der Waals surface area contributed by atoms with Crippen molar-refractivity contribution in [2.45, 2.75) is 38.8 Å². The minimum Gasteiger partial charge on any atom is -0.376 e. The van der Waals surface area contributed by atoms with Crippen LogP contribution in [0.15, 0.2) is 6.20 Å². The van der Waals surface area contributed by atoms with Crippen LogP contribution in [0.3, 0.4) is 0 Å². The van der Waals surface area contributed by atoms with Crippen LogP contribution in [-0.2, 0) is 21.4 Å². The Balaban J connectivity index is 2.19. The third kappa shape index (κ3) is 2.97. The minimum absolute atomic E-state index is 0.0725. The molecule has 0 amide bonds. The van der Waals surface area contributed by atoms with Crippen LogP contribution in [0.5, 0.6) is 0 Å². The van der Waals surface area contributed by atoms with Crippen molar-refractivity contribution in [2.24, 2.45) is 0 Å². The SMILES string of the molecule is CC(C)(C)c1c[nH]c(=S)n1CC1COCCO1. The highest BCUT2D eigenvalue weighted by Gasteiger charge is 2.22. The summed E-state index contributed by atoms with van der Waals surface area (Å²) >= 11 is 5.32. The third-order valence-corrected chi connectivity index (χ3v) is 3.25. The highest BCUT2D eigenvalue weighted by Crippen LogP contribution is 2.23. The zero-order valence-corrected chi connectivity index (χ0v) is 11.5. The maximum Gasteiger partial charge on any atom is 0.177 e. The van der Waals surface area contributed by atoms with Crippen molar-refractivity contribution in [3.8, 4) is 0 Å². The molecule has 4 nitrogen and oxygen atoms in total. The Labute approximate surface area is 107 Å². The average molecular weight is 256 g/mol. The highest BCUT2D eigenvalue weighted by atomic mass is 32.1. The predicted molar refractivity (Wildman–Crippen MR) is 68.9 cm³/mol. The number of aromatic nitrogens is 2. The summed E-state index contributed by atoms with van der Waals surface area (Å²) in [5, 5.41) is 0. The van der Waals surface area contributed by atoms with E-state index in [1.807, 2.05) is 6.20 Å².